The maximum Gasteiger partial charge on any atom is 2.00 e. The number of hydrogen-bond acceptors (Lipinski definition) is 0. The van der Waals surface area contributed by atoms with E-state index < -0.39 is 0 Å². The molecule has 0 nitrogen and oxygen atoms in total. The maximum atomic E-state index is 2.21. The Labute approximate surface area is 173 Å². The summed E-state index contributed by atoms with van der Waals surface area (Å²) in [7, 11) is 0.750. The predicted molar refractivity (Wildman–Crippen MR) is 110 cm³/mol. The van der Waals surface area contributed by atoms with Crippen LogP contribution in [0.1, 0.15) is 55.6 Å². The Bertz CT molecular complexity index is 425. The first-order valence-corrected chi connectivity index (χ1v) is 11.0. The molecule has 2 heteroatoms. The van der Waals surface area contributed by atoms with Crippen LogP contribution < -0.4 is 0 Å². The third kappa shape index (κ3) is 5.95. The van der Waals surface area contributed by atoms with Crippen molar-refractivity contribution in [2.24, 2.45) is 0 Å². The summed E-state index contributed by atoms with van der Waals surface area (Å²) in [6, 6.07) is 0. The van der Waals surface area contributed by atoms with E-state index in [9.17, 15) is 0 Å². The third-order valence-electron chi connectivity index (χ3n) is 5.62. The van der Waals surface area contributed by atoms with Gasteiger partial charge >= 0.3 is 26.2 Å². The molecule has 2 aromatic carbocycles. The first-order chi connectivity index (χ1) is 10.5. The zero-order valence-electron chi connectivity index (χ0n) is 18.1. The minimum Gasteiger partial charge on any atom is -0.196 e. The summed E-state index contributed by atoms with van der Waals surface area (Å²) in [6.07, 6.45) is 0. The van der Waals surface area contributed by atoms with Crippen LogP contribution >= 0.6 is 0 Å². The van der Waals surface area contributed by atoms with Gasteiger partial charge in [-0.05, 0) is 0 Å². The average molecular weight is 421 g/mol. The van der Waals surface area contributed by atoms with Crippen LogP contribution in [-0.2, 0) is 26.2 Å². The van der Waals surface area contributed by atoms with E-state index in [-0.39, 0.29) is 26.2 Å². The maximum absolute atomic E-state index is 2.21. The molecule has 0 unspecified atom stereocenters. The van der Waals surface area contributed by atoms with Crippen molar-refractivity contribution in [3.8, 4) is 0 Å². The monoisotopic (exact) mass is 419 g/mol. The Morgan fingerprint density at radius 3 is 0.667 bits per heavy atom. The fourth-order valence-corrected chi connectivity index (χ4v) is 2.81. The van der Waals surface area contributed by atoms with Crippen LogP contribution in [0.2, 0.25) is 13.1 Å². The molecule has 0 aliphatic rings. The number of hydrogen-bond donors (Lipinski definition) is 0. The first-order valence-electron chi connectivity index (χ1n) is 8.65. The molecule has 2 rings (SSSR count). The molecule has 0 aromatic heterocycles. The summed E-state index contributed by atoms with van der Waals surface area (Å²) in [5, 5.41) is 0. The smallest absolute Gasteiger partial charge is 0.196 e. The standard InChI is InChI=1S/2C10H15.C2H7Si.Zr/c2*1-6-7(2)9(4)10(5)8(6)3;1-3-2;/h2*1-5H3;3H,1-2H3;/q2*-1;;+2. The van der Waals surface area contributed by atoms with E-state index >= 15 is 0 Å². The van der Waals surface area contributed by atoms with Gasteiger partial charge in [0.25, 0.3) is 0 Å². The summed E-state index contributed by atoms with van der Waals surface area (Å²) < 4.78 is 0. The molecule has 0 saturated carbocycles. The predicted octanol–water partition coefficient (Wildman–Crippen LogP) is 6.41. The molecule has 0 heterocycles. The van der Waals surface area contributed by atoms with Gasteiger partial charge in [0.1, 0.15) is 0 Å². The Hall–Kier alpha value is -0.200. The van der Waals surface area contributed by atoms with Crippen LogP contribution in [0.15, 0.2) is 0 Å². The Kier molecular flexibility index (Phi) is 12.4. The van der Waals surface area contributed by atoms with Crippen LogP contribution in [0.3, 0.4) is 0 Å². The molecule has 0 atom stereocenters. The van der Waals surface area contributed by atoms with Crippen molar-refractivity contribution in [2.75, 3.05) is 0 Å². The molecule has 0 aliphatic carbocycles. The Morgan fingerprint density at radius 1 is 0.500 bits per heavy atom. The van der Waals surface area contributed by atoms with Crippen molar-refractivity contribution in [1.29, 1.82) is 0 Å². The van der Waals surface area contributed by atoms with Gasteiger partial charge in [-0.1, -0.05) is 82.3 Å². The molecule has 0 bridgehead atoms. The van der Waals surface area contributed by atoms with Crippen LogP contribution in [0.4, 0.5) is 0 Å². The molecule has 24 heavy (non-hydrogen) atoms. The van der Waals surface area contributed by atoms with Gasteiger partial charge in [0, 0.05) is 9.52 Å². The molecule has 2 aromatic rings. The molecule has 1 radical (unpaired) electrons. The summed E-state index contributed by atoms with van der Waals surface area (Å²) in [4.78, 5) is 0. The molecule has 0 aliphatic heterocycles. The second-order valence-corrected chi connectivity index (χ2v) is 7.98. The van der Waals surface area contributed by atoms with Crippen molar-refractivity contribution < 1.29 is 26.2 Å². The number of rotatable bonds is 0. The van der Waals surface area contributed by atoms with Crippen molar-refractivity contribution >= 4 is 9.52 Å². The van der Waals surface area contributed by atoms with E-state index in [0.717, 1.165) is 9.52 Å². The van der Waals surface area contributed by atoms with Crippen molar-refractivity contribution in [1.82, 2.24) is 0 Å². The van der Waals surface area contributed by atoms with Crippen LogP contribution in [-0.4, -0.2) is 9.52 Å². The molecule has 0 amide bonds. The van der Waals surface area contributed by atoms with Crippen LogP contribution in [0, 0.1) is 69.2 Å². The van der Waals surface area contributed by atoms with E-state index in [4.69, 9.17) is 0 Å². The first kappa shape index (κ1) is 26.0. The topological polar surface area (TPSA) is 0 Å². The van der Waals surface area contributed by atoms with E-state index in [2.05, 4.69) is 82.3 Å². The van der Waals surface area contributed by atoms with Gasteiger partial charge in [-0.15, -0.1) is 0 Å². The molecular weight excluding hydrogens is 384 g/mol. The molecule has 0 N–H and O–H groups in total. The minimum absolute atomic E-state index is 0. The second kappa shape index (κ2) is 11.4. The van der Waals surface area contributed by atoms with Crippen molar-refractivity contribution in [2.45, 2.75) is 82.3 Å². The minimum atomic E-state index is 0. The van der Waals surface area contributed by atoms with Gasteiger partial charge in [-0.3, -0.25) is 0 Å². The Balaban J connectivity index is 0. The summed E-state index contributed by atoms with van der Waals surface area (Å²) >= 11 is 0. The SMILES string of the molecule is C[SiH]C.Cc1c(C)c(C)[c-](C)c1C.Cc1c(C)c(C)[c-](C)c1C.[Zr+2]. The summed E-state index contributed by atoms with van der Waals surface area (Å²) in [5.41, 5.74) is 14.7. The largest absolute Gasteiger partial charge is 2.00 e. The molecule has 133 valence electrons. The summed E-state index contributed by atoms with van der Waals surface area (Å²) in [5.74, 6) is 0. The van der Waals surface area contributed by atoms with Crippen LogP contribution in [0.25, 0.3) is 0 Å². The molecular formula is C22H37SiZr. The van der Waals surface area contributed by atoms with E-state index in [1.807, 2.05) is 0 Å². The van der Waals surface area contributed by atoms with E-state index in [1.165, 1.54) is 55.6 Å². The van der Waals surface area contributed by atoms with Crippen molar-refractivity contribution in [3.05, 3.63) is 55.6 Å². The van der Waals surface area contributed by atoms with Gasteiger partial charge in [0.05, 0.1) is 0 Å². The van der Waals surface area contributed by atoms with Gasteiger partial charge < -0.3 is 0 Å². The molecule has 0 spiro atoms. The van der Waals surface area contributed by atoms with Gasteiger partial charge in [0.15, 0.2) is 0 Å². The fourth-order valence-electron chi connectivity index (χ4n) is 2.81. The van der Waals surface area contributed by atoms with Gasteiger partial charge in [-0.2, -0.15) is 55.6 Å². The zero-order chi connectivity index (χ0) is 18.5. The van der Waals surface area contributed by atoms with Gasteiger partial charge in [-0.25, -0.2) is 0 Å². The molecule has 0 saturated heterocycles. The van der Waals surface area contributed by atoms with Crippen molar-refractivity contribution in [3.63, 3.8) is 0 Å². The molecule has 0 fully saturated rings. The summed E-state index contributed by atoms with van der Waals surface area (Å²) in [6.45, 7) is 26.4. The van der Waals surface area contributed by atoms with Gasteiger partial charge in [0.2, 0.25) is 0 Å². The zero-order valence-corrected chi connectivity index (χ0v) is 21.7. The van der Waals surface area contributed by atoms with E-state index in [1.54, 1.807) is 0 Å². The second-order valence-electron chi connectivity index (χ2n) is 6.83. The normalized spacial score (nSPS) is 9.50. The van der Waals surface area contributed by atoms with Crippen LogP contribution in [0.5, 0.6) is 0 Å². The quantitative estimate of drug-likeness (QED) is 0.341. The average Bonchev–Trinajstić information content (AvgIpc) is 2.80. The fraction of sp³-hybridized carbons (Fsp3) is 0.545. The Morgan fingerprint density at radius 2 is 0.625 bits per heavy atom. The third-order valence-corrected chi connectivity index (χ3v) is 5.62. The van der Waals surface area contributed by atoms with E-state index in [0.29, 0.717) is 0 Å².